The van der Waals surface area contributed by atoms with E-state index in [0.717, 1.165) is 17.0 Å². The van der Waals surface area contributed by atoms with Crippen LogP contribution < -0.4 is 5.56 Å². The van der Waals surface area contributed by atoms with E-state index in [9.17, 15) is 4.79 Å². The Morgan fingerprint density at radius 2 is 1.78 bits per heavy atom. The van der Waals surface area contributed by atoms with Crippen LogP contribution in [0.25, 0.3) is 5.78 Å². The molecule has 0 spiro atoms. The maximum Gasteiger partial charge on any atom is 0.277 e. The van der Waals surface area contributed by atoms with Crippen LogP contribution in [-0.4, -0.2) is 19.6 Å². The number of nitrogens with zero attached hydrogens (tertiary/aromatic N) is 3. The van der Waals surface area contributed by atoms with Crippen LogP contribution in [0.5, 0.6) is 0 Å². The molecule has 27 heavy (non-hydrogen) atoms. The Morgan fingerprint density at radius 1 is 1.00 bits per heavy atom. The Bertz CT molecular complexity index is 1150. The molecule has 0 saturated heterocycles. The van der Waals surface area contributed by atoms with E-state index in [0.29, 0.717) is 22.9 Å². The fourth-order valence-electron chi connectivity index (χ4n) is 3.06. The number of fused-ring (bicyclic) bond motifs is 1. The van der Waals surface area contributed by atoms with Gasteiger partial charge in [-0.15, -0.1) is 0 Å². The number of benzene rings is 2. The Balaban J connectivity index is 1.64. The average molecular weight is 376 g/mol. The second kappa shape index (κ2) is 7.40. The summed E-state index contributed by atoms with van der Waals surface area (Å²) < 4.78 is 1.45. The first-order valence-electron chi connectivity index (χ1n) is 8.80. The molecule has 1 N–H and O–H groups in total. The zero-order valence-electron chi connectivity index (χ0n) is 15.3. The van der Waals surface area contributed by atoms with E-state index in [1.807, 2.05) is 37.3 Å². The molecule has 0 atom stereocenters. The van der Waals surface area contributed by atoms with Gasteiger partial charge in [-0.1, -0.05) is 71.9 Å². The molecule has 2 aromatic heterocycles. The predicted molar refractivity (Wildman–Crippen MR) is 108 cm³/mol. The Labute approximate surface area is 161 Å². The third-order valence-corrected chi connectivity index (χ3v) is 5.39. The van der Waals surface area contributed by atoms with Crippen LogP contribution in [0.3, 0.4) is 0 Å². The van der Waals surface area contributed by atoms with Gasteiger partial charge < -0.3 is 0 Å². The van der Waals surface area contributed by atoms with Crippen molar-refractivity contribution in [2.75, 3.05) is 0 Å². The summed E-state index contributed by atoms with van der Waals surface area (Å²) in [6, 6.07) is 18.4. The van der Waals surface area contributed by atoms with Crippen LogP contribution >= 0.6 is 11.8 Å². The van der Waals surface area contributed by atoms with Crippen LogP contribution in [0.1, 0.15) is 27.9 Å². The maximum atomic E-state index is 13.0. The second-order valence-electron chi connectivity index (χ2n) is 6.59. The maximum absolute atomic E-state index is 13.0. The first-order valence-corrected chi connectivity index (χ1v) is 9.79. The predicted octanol–water partition coefficient (Wildman–Crippen LogP) is 3.92. The molecule has 0 saturated carbocycles. The van der Waals surface area contributed by atoms with Gasteiger partial charge in [-0.2, -0.15) is 9.50 Å². The Hall–Kier alpha value is -2.86. The summed E-state index contributed by atoms with van der Waals surface area (Å²) in [6.07, 6.45) is 0.563. The number of hydrogen-bond donors (Lipinski definition) is 1. The summed E-state index contributed by atoms with van der Waals surface area (Å²) in [5, 5.41) is 3.78. The van der Waals surface area contributed by atoms with Gasteiger partial charge in [0.25, 0.3) is 11.3 Å². The summed E-state index contributed by atoms with van der Waals surface area (Å²) >= 11 is 1.56. The molecule has 0 aliphatic carbocycles. The van der Waals surface area contributed by atoms with Crippen molar-refractivity contribution < 1.29 is 0 Å². The molecule has 4 aromatic rings. The lowest BCUT2D eigenvalue weighted by molar-refractivity contribution is 0.825. The van der Waals surface area contributed by atoms with Gasteiger partial charge >= 0.3 is 0 Å². The lowest BCUT2D eigenvalue weighted by Crippen LogP contribution is -2.22. The van der Waals surface area contributed by atoms with E-state index >= 15 is 0 Å². The molecule has 0 fully saturated rings. The largest absolute Gasteiger partial charge is 0.277 e. The highest BCUT2D eigenvalue weighted by molar-refractivity contribution is 7.98. The zero-order chi connectivity index (χ0) is 18.8. The van der Waals surface area contributed by atoms with Gasteiger partial charge in [0.2, 0.25) is 0 Å². The highest BCUT2D eigenvalue weighted by Crippen LogP contribution is 2.19. The lowest BCUT2D eigenvalue weighted by Gasteiger charge is -2.05. The van der Waals surface area contributed by atoms with Crippen LogP contribution in [0, 0.1) is 13.8 Å². The van der Waals surface area contributed by atoms with Crippen LogP contribution in [0.15, 0.2) is 64.5 Å². The van der Waals surface area contributed by atoms with Crippen molar-refractivity contribution in [2.45, 2.75) is 31.2 Å². The summed E-state index contributed by atoms with van der Waals surface area (Å²) in [5.74, 6) is 1.20. The molecule has 6 heteroatoms. The number of nitrogens with one attached hydrogen (secondary N) is 1. The summed E-state index contributed by atoms with van der Waals surface area (Å²) in [4.78, 5) is 22.0. The van der Waals surface area contributed by atoms with E-state index in [4.69, 9.17) is 0 Å². The standard InChI is InChI=1S/C21H20N4OS/c1-14-7-6-10-17(11-14)12-18-15(2)22-20-23-21(24-25(20)19(18)26)27-13-16-8-4-3-5-9-16/h3-11H,12-13H2,1-2H3,(H,22,23,24). The van der Waals surface area contributed by atoms with Crippen molar-refractivity contribution in [1.29, 1.82) is 0 Å². The van der Waals surface area contributed by atoms with Gasteiger partial charge in [-0.3, -0.25) is 9.89 Å². The highest BCUT2D eigenvalue weighted by atomic mass is 32.2. The second-order valence-corrected chi connectivity index (χ2v) is 7.55. The molecular formula is C21H20N4OS. The minimum absolute atomic E-state index is 0.0851. The van der Waals surface area contributed by atoms with E-state index in [-0.39, 0.29) is 5.56 Å². The molecule has 0 aliphatic heterocycles. The van der Waals surface area contributed by atoms with Crippen LogP contribution in [0.2, 0.25) is 0 Å². The molecule has 0 aliphatic rings. The minimum Gasteiger partial charge on any atom is -0.267 e. The first-order chi connectivity index (χ1) is 13.1. The average Bonchev–Trinajstić information content (AvgIpc) is 3.07. The fraction of sp³-hybridized carbons (Fsp3) is 0.190. The molecule has 4 rings (SSSR count). The third-order valence-electron chi connectivity index (χ3n) is 4.46. The van der Waals surface area contributed by atoms with Gasteiger partial charge in [0.1, 0.15) is 0 Å². The smallest absolute Gasteiger partial charge is 0.267 e. The summed E-state index contributed by atoms with van der Waals surface area (Å²) in [7, 11) is 0. The molecule has 136 valence electrons. The molecule has 0 amide bonds. The topological polar surface area (TPSA) is 63.1 Å². The van der Waals surface area contributed by atoms with Crippen LogP contribution in [-0.2, 0) is 12.2 Å². The van der Waals surface area contributed by atoms with Crippen molar-refractivity contribution in [3.8, 4) is 0 Å². The number of aryl methyl sites for hydroxylation is 2. The van der Waals surface area contributed by atoms with Gasteiger partial charge in [0.05, 0.1) is 5.69 Å². The van der Waals surface area contributed by atoms with Crippen molar-refractivity contribution in [2.24, 2.45) is 0 Å². The van der Waals surface area contributed by atoms with Crippen molar-refractivity contribution in [1.82, 2.24) is 19.6 Å². The normalized spacial score (nSPS) is 11.2. The molecule has 0 bridgehead atoms. The van der Waals surface area contributed by atoms with E-state index in [1.54, 1.807) is 11.8 Å². The van der Waals surface area contributed by atoms with E-state index in [1.165, 1.54) is 15.6 Å². The molecular weight excluding hydrogens is 356 g/mol. The van der Waals surface area contributed by atoms with Crippen molar-refractivity contribution in [3.63, 3.8) is 0 Å². The lowest BCUT2D eigenvalue weighted by atomic mass is 10.0. The number of H-pyrrole nitrogens is 1. The van der Waals surface area contributed by atoms with E-state index in [2.05, 4.69) is 46.3 Å². The number of aromatic amines is 1. The van der Waals surface area contributed by atoms with Gasteiger partial charge in [-0.05, 0) is 25.0 Å². The monoisotopic (exact) mass is 376 g/mol. The molecule has 0 radical (unpaired) electrons. The Kier molecular flexibility index (Phi) is 4.81. The SMILES string of the molecule is Cc1cccc(Cc2c(C)nc3nc(SCc4ccccc4)[nH]n3c2=O)c1. The van der Waals surface area contributed by atoms with Gasteiger partial charge in [0.15, 0.2) is 5.16 Å². The minimum atomic E-state index is -0.0851. The molecule has 2 heterocycles. The van der Waals surface area contributed by atoms with Crippen molar-refractivity contribution >= 4 is 17.5 Å². The fourth-order valence-corrected chi connectivity index (χ4v) is 3.85. The number of hydrogen-bond acceptors (Lipinski definition) is 4. The molecule has 2 aromatic carbocycles. The first kappa shape index (κ1) is 17.5. The summed E-state index contributed by atoms with van der Waals surface area (Å²) in [5.41, 5.74) is 4.84. The zero-order valence-corrected chi connectivity index (χ0v) is 16.1. The van der Waals surface area contributed by atoms with Gasteiger partial charge in [-0.25, -0.2) is 4.98 Å². The number of rotatable bonds is 5. The Morgan fingerprint density at radius 3 is 2.56 bits per heavy atom. The number of thioether (sulfide) groups is 1. The summed E-state index contributed by atoms with van der Waals surface area (Å²) in [6.45, 7) is 3.92. The third kappa shape index (κ3) is 3.80. The van der Waals surface area contributed by atoms with Crippen molar-refractivity contribution in [3.05, 3.63) is 92.9 Å². The number of aromatic nitrogens is 4. The van der Waals surface area contributed by atoms with Crippen LogP contribution in [0.4, 0.5) is 0 Å². The van der Waals surface area contributed by atoms with E-state index < -0.39 is 0 Å². The quantitative estimate of drug-likeness (QED) is 0.536. The van der Waals surface area contributed by atoms with Gasteiger partial charge in [0, 0.05) is 17.7 Å². The molecule has 0 unspecified atom stereocenters. The highest BCUT2D eigenvalue weighted by Gasteiger charge is 2.14. The molecule has 5 nitrogen and oxygen atoms in total.